The summed E-state index contributed by atoms with van der Waals surface area (Å²) < 4.78 is 24.5. The zero-order valence-corrected chi connectivity index (χ0v) is 10.9. The SMILES string of the molecule is Cc1cc(Br)cc(CS(=O)(=O)C2CC2)c1. The minimum atomic E-state index is -2.89. The van der Waals surface area contributed by atoms with Crippen molar-refractivity contribution in [1.82, 2.24) is 0 Å². The van der Waals surface area contributed by atoms with Gasteiger partial charge in [0, 0.05) is 4.47 Å². The van der Waals surface area contributed by atoms with E-state index in [0.717, 1.165) is 28.4 Å². The van der Waals surface area contributed by atoms with Gasteiger partial charge in [0.25, 0.3) is 0 Å². The van der Waals surface area contributed by atoms with Crippen LogP contribution in [0.3, 0.4) is 0 Å². The molecule has 2 rings (SSSR count). The highest BCUT2D eigenvalue weighted by Crippen LogP contribution is 2.31. The molecule has 0 N–H and O–H groups in total. The van der Waals surface area contributed by atoms with Gasteiger partial charge in [-0.15, -0.1) is 0 Å². The van der Waals surface area contributed by atoms with Gasteiger partial charge in [0.2, 0.25) is 0 Å². The van der Waals surface area contributed by atoms with Gasteiger partial charge in [0.1, 0.15) is 0 Å². The van der Waals surface area contributed by atoms with E-state index in [1.54, 1.807) is 0 Å². The summed E-state index contributed by atoms with van der Waals surface area (Å²) in [6.07, 6.45) is 1.69. The van der Waals surface area contributed by atoms with E-state index in [4.69, 9.17) is 0 Å². The molecule has 2 nitrogen and oxygen atoms in total. The average molecular weight is 289 g/mol. The zero-order chi connectivity index (χ0) is 11.1. The van der Waals surface area contributed by atoms with Crippen molar-refractivity contribution in [2.24, 2.45) is 0 Å². The first kappa shape index (κ1) is 11.1. The molecule has 0 aliphatic heterocycles. The number of benzene rings is 1. The summed E-state index contributed by atoms with van der Waals surface area (Å²) in [6.45, 7) is 1.97. The van der Waals surface area contributed by atoms with Crippen molar-refractivity contribution in [2.75, 3.05) is 0 Å². The first-order valence-electron chi connectivity index (χ1n) is 4.95. The molecule has 1 aliphatic rings. The molecule has 82 valence electrons. The van der Waals surface area contributed by atoms with Gasteiger partial charge in [-0.1, -0.05) is 22.0 Å². The Bertz CT molecular complexity index is 455. The molecule has 1 aromatic rings. The van der Waals surface area contributed by atoms with Crippen LogP contribution in [-0.2, 0) is 15.6 Å². The molecule has 15 heavy (non-hydrogen) atoms. The third-order valence-electron chi connectivity index (χ3n) is 2.50. The highest BCUT2D eigenvalue weighted by Gasteiger charge is 2.35. The predicted molar refractivity (Wildman–Crippen MR) is 64.5 cm³/mol. The van der Waals surface area contributed by atoms with Crippen LogP contribution < -0.4 is 0 Å². The molecule has 0 unspecified atom stereocenters. The molecule has 0 aromatic heterocycles. The summed E-state index contributed by atoms with van der Waals surface area (Å²) in [5.41, 5.74) is 1.97. The van der Waals surface area contributed by atoms with Gasteiger partial charge >= 0.3 is 0 Å². The lowest BCUT2D eigenvalue weighted by molar-refractivity contribution is 0.594. The van der Waals surface area contributed by atoms with Gasteiger partial charge in [-0.05, 0) is 43.0 Å². The van der Waals surface area contributed by atoms with Crippen LogP contribution in [0.4, 0.5) is 0 Å². The van der Waals surface area contributed by atoms with Gasteiger partial charge in [-0.2, -0.15) is 0 Å². The van der Waals surface area contributed by atoms with E-state index in [1.165, 1.54) is 0 Å². The Hall–Kier alpha value is -0.350. The molecule has 0 saturated heterocycles. The van der Waals surface area contributed by atoms with E-state index in [0.29, 0.717) is 0 Å². The lowest BCUT2D eigenvalue weighted by Gasteiger charge is -2.04. The molecule has 0 heterocycles. The number of hydrogen-bond acceptors (Lipinski definition) is 2. The number of halogens is 1. The predicted octanol–water partition coefficient (Wildman–Crippen LogP) is 2.83. The molecule has 1 fully saturated rings. The molecule has 0 bridgehead atoms. The van der Waals surface area contributed by atoms with Crippen LogP contribution >= 0.6 is 15.9 Å². The van der Waals surface area contributed by atoms with Crippen molar-refractivity contribution in [1.29, 1.82) is 0 Å². The maximum Gasteiger partial charge on any atom is 0.157 e. The standard InChI is InChI=1S/C11H13BrO2S/c1-8-4-9(6-10(12)5-8)7-15(13,14)11-2-3-11/h4-6,11H,2-3,7H2,1H3. The first-order chi connectivity index (χ1) is 6.97. The van der Waals surface area contributed by atoms with Crippen LogP contribution in [0.1, 0.15) is 24.0 Å². The molecule has 1 saturated carbocycles. The van der Waals surface area contributed by atoms with Crippen LogP contribution in [0.25, 0.3) is 0 Å². The summed E-state index contributed by atoms with van der Waals surface area (Å²) in [5, 5.41) is -0.0724. The van der Waals surface area contributed by atoms with Crippen molar-refractivity contribution < 1.29 is 8.42 Å². The van der Waals surface area contributed by atoms with Crippen molar-refractivity contribution >= 4 is 25.8 Å². The Balaban J connectivity index is 2.23. The highest BCUT2D eigenvalue weighted by atomic mass is 79.9. The van der Waals surface area contributed by atoms with Gasteiger partial charge in [-0.25, -0.2) is 8.42 Å². The molecule has 0 amide bonds. The second-order valence-corrected chi connectivity index (χ2v) is 7.34. The summed E-state index contributed by atoms with van der Waals surface area (Å²) in [7, 11) is -2.89. The lowest BCUT2D eigenvalue weighted by atomic mass is 10.2. The average Bonchev–Trinajstić information content (AvgIpc) is 2.80. The van der Waals surface area contributed by atoms with Gasteiger partial charge in [0.15, 0.2) is 9.84 Å². The van der Waals surface area contributed by atoms with Crippen molar-refractivity contribution in [3.05, 3.63) is 33.8 Å². The molecule has 1 aromatic carbocycles. The minimum Gasteiger partial charge on any atom is -0.228 e. The molecular weight excluding hydrogens is 276 g/mol. The molecule has 4 heteroatoms. The van der Waals surface area contributed by atoms with Gasteiger partial charge in [-0.3, -0.25) is 0 Å². The largest absolute Gasteiger partial charge is 0.228 e. The number of rotatable bonds is 3. The quantitative estimate of drug-likeness (QED) is 0.857. The van der Waals surface area contributed by atoms with Crippen LogP contribution in [0, 0.1) is 6.92 Å². The summed E-state index contributed by atoms with van der Waals surface area (Å²) in [6, 6.07) is 5.80. The fraction of sp³-hybridized carbons (Fsp3) is 0.455. The molecule has 1 aliphatic carbocycles. The van der Waals surface area contributed by atoms with Crippen LogP contribution in [0.2, 0.25) is 0 Å². The second-order valence-electron chi connectivity index (χ2n) is 4.14. The Morgan fingerprint density at radius 2 is 2.00 bits per heavy atom. The van der Waals surface area contributed by atoms with Gasteiger partial charge in [0.05, 0.1) is 11.0 Å². The van der Waals surface area contributed by atoms with E-state index >= 15 is 0 Å². The zero-order valence-electron chi connectivity index (χ0n) is 8.53. The number of aryl methyl sites for hydroxylation is 1. The Kier molecular flexibility index (Phi) is 2.90. The van der Waals surface area contributed by atoms with Crippen molar-refractivity contribution in [3.63, 3.8) is 0 Å². The Morgan fingerprint density at radius 3 is 2.53 bits per heavy atom. The summed E-state index contributed by atoms with van der Waals surface area (Å²) >= 11 is 3.38. The third kappa shape index (κ3) is 2.82. The number of hydrogen-bond donors (Lipinski definition) is 0. The fourth-order valence-corrected chi connectivity index (χ4v) is 4.05. The maximum absolute atomic E-state index is 11.8. The highest BCUT2D eigenvalue weighted by molar-refractivity contribution is 9.10. The second kappa shape index (κ2) is 3.91. The van der Waals surface area contributed by atoms with Crippen LogP contribution in [-0.4, -0.2) is 13.7 Å². The van der Waals surface area contributed by atoms with Gasteiger partial charge < -0.3 is 0 Å². The maximum atomic E-state index is 11.8. The summed E-state index contributed by atoms with van der Waals surface area (Å²) in [4.78, 5) is 0. The van der Waals surface area contributed by atoms with E-state index < -0.39 is 9.84 Å². The molecule has 0 spiro atoms. The van der Waals surface area contributed by atoms with E-state index in [1.807, 2.05) is 25.1 Å². The molecule has 0 radical (unpaired) electrons. The summed E-state index contributed by atoms with van der Waals surface area (Å²) in [5.74, 6) is 0.179. The van der Waals surface area contributed by atoms with E-state index in [9.17, 15) is 8.42 Å². The monoisotopic (exact) mass is 288 g/mol. The first-order valence-corrected chi connectivity index (χ1v) is 7.46. The number of sulfone groups is 1. The Morgan fingerprint density at radius 1 is 1.33 bits per heavy atom. The smallest absolute Gasteiger partial charge is 0.157 e. The molecular formula is C11H13BrO2S. The van der Waals surface area contributed by atoms with Crippen molar-refractivity contribution in [3.8, 4) is 0 Å². The third-order valence-corrected chi connectivity index (χ3v) is 5.18. The van der Waals surface area contributed by atoms with Crippen LogP contribution in [0.15, 0.2) is 22.7 Å². The van der Waals surface area contributed by atoms with E-state index in [-0.39, 0.29) is 11.0 Å². The fourth-order valence-electron chi connectivity index (χ4n) is 1.67. The van der Waals surface area contributed by atoms with Crippen LogP contribution in [0.5, 0.6) is 0 Å². The lowest BCUT2D eigenvalue weighted by Crippen LogP contribution is -2.09. The topological polar surface area (TPSA) is 34.1 Å². The normalized spacial score (nSPS) is 16.7. The van der Waals surface area contributed by atoms with E-state index in [2.05, 4.69) is 15.9 Å². The minimum absolute atomic E-state index is 0.0724. The Labute approximate surface area is 98.7 Å². The van der Waals surface area contributed by atoms with Crippen molar-refractivity contribution in [2.45, 2.75) is 30.8 Å². The molecule has 0 atom stereocenters.